The van der Waals surface area contributed by atoms with Gasteiger partial charge >= 0.3 is 0 Å². The van der Waals surface area contributed by atoms with Gasteiger partial charge in [0.05, 0.1) is 6.10 Å². The molecule has 0 aliphatic carbocycles. The van der Waals surface area contributed by atoms with Crippen molar-refractivity contribution in [1.29, 1.82) is 0 Å². The number of halogens is 1. The molecule has 2 aliphatic heterocycles. The second-order valence-corrected chi connectivity index (χ2v) is 5.30. The van der Waals surface area contributed by atoms with E-state index in [9.17, 15) is 9.18 Å². The van der Waals surface area contributed by atoms with Crippen LogP contribution in [0.3, 0.4) is 0 Å². The normalized spacial score (nSPS) is 24.8. The van der Waals surface area contributed by atoms with E-state index in [1.807, 2.05) is 6.07 Å². The van der Waals surface area contributed by atoms with Gasteiger partial charge in [-0.15, -0.1) is 0 Å². The summed E-state index contributed by atoms with van der Waals surface area (Å²) in [6.07, 6.45) is 1.96. The minimum atomic E-state index is -0.459. The first-order valence-corrected chi connectivity index (χ1v) is 6.86. The summed E-state index contributed by atoms with van der Waals surface area (Å²) in [6.45, 7) is 1.55. The van der Waals surface area contributed by atoms with E-state index in [0.29, 0.717) is 13.0 Å². The highest BCUT2D eigenvalue weighted by atomic mass is 19.1. The van der Waals surface area contributed by atoms with Crippen molar-refractivity contribution >= 4 is 11.6 Å². The van der Waals surface area contributed by atoms with Crippen molar-refractivity contribution in [3.8, 4) is 0 Å². The molecule has 6 heteroatoms. The first-order chi connectivity index (χ1) is 9.67. The SMILES string of the molecule is NNC(=O)C1CCC(CN2CCc3ccc(F)cc32)O1. The van der Waals surface area contributed by atoms with E-state index in [0.717, 1.165) is 25.1 Å². The Kier molecular flexibility index (Phi) is 3.58. The van der Waals surface area contributed by atoms with Crippen LogP contribution in [0.25, 0.3) is 0 Å². The third-order valence-electron chi connectivity index (χ3n) is 4.01. The van der Waals surface area contributed by atoms with Crippen molar-refractivity contribution in [3.63, 3.8) is 0 Å². The quantitative estimate of drug-likeness (QED) is 0.486. The van der Waals surface area contributed by atoms with E-state index in [2.05, 4.69) is 10.3 Å². The lowest BCUT2D eigenvalue weighted by molar-refractivity contribution is -0.131. The van der Waals surface area contributed by atoms with Crippen LogP contribution in [0.15, 0.2) is 18.2 Å². The molecule has 0 aromatic heterocycles. The number of anilines is 1. The molecular formula is C14H18FN3O2. The Bertz CT molecular complexity index is 523. The number of carbonyl (C=O) groups is 1. The number of fused-ring (bicyclic) bond motifs is 1. The molecule has 3 rings (SSSR count). The average Bonchev–Trinajstić information content (AvgIpc) is 3.06. The number of nitrogens with zero attached hydrogens (tertiary/aromatic N) is 1. The molecule has 1 saturated heterocycles. The van der Waals surface area contributed by atoms with Crippen molar-refractivity contribution in [2.75, 3.05) is 18.0 Å². The maximum absolute atomic E-state index is 13.3. The Balaban J connectivity index is 1.64. The Morgan fingerprint density at radius 3 is 3.15 bits per heavy atom. The molecule has 20 heavy (non-hydrogen) atoms. The number of ether oxygens (including phenoxy) is 1. The molecule has 108 valence electrons. The maximum Gasteiger partial charge on any atom is 0.263 e. The summed E-state index contributed by atoms with van der Waals surface area (Å²) in [6, 6.07) is 4.90. The zero-order chi connectivity index (χ0) is 14.1. The van der Waals surface area contributed by atoms with Crippen LogP contribution >= 0.6 is 0 Å². The molecule has 1 amide bonds. The van der Waals surface area contributed by atoms with Crippen molar-refractivity contribution < 1.29 is 13.9 Å². The van der Waals surface area contributed by atoms with Gasteiger partial charge in [-0.25, -0.2) is 10.2 Å². The molecule has 1 fully saturated rings. The zero-order valence-electron chi connectivity index (χ0n) is 11.1. The Morgan fingerprint density at radius 2 is 2.35 bits per heavy atom. The summed E-state index contributed by atoms with van der Waals surface area (Å²) < 4.78 is 19.0. The van der Waals surface area contributed by atoms with E-state index in [1.165, 1.54) is 11.6 Å². The first-order valence-electron chi connectivity index (χ1n) is 6.86. The van der Waals surface area contributed by atoms with Crippen LogP contribution in [-0.4, -0.2) is 31.2 Å². The topological polar surface area (TPSA) is 67.6 Å². The van der Waals surface area contributed by atoms with Gasteiger partial charge in [0.1, 0.15) is 11.9 Å². The van der Waals surface area contributed by atoms with Gasteiger partial charge in [-0.2, -0.15) is 0 Å². The number of nitrogens with one attached hydrogen (secondary N) is 1. The number of hydrogen-bond acceptors (Lipinski definition) is 4. The first kappa shape index (κ1) is 13.3. The molecule has 0 saturated carbocycles. The number of benzene rings is 1. The Hall–Kier alpha value is -1.66. The smallest absolute Gasteiger partial charge is 0.263 e. The van der Waals surface area contributed by atoms with Crippen molar-refractivity contribution in [3.05, 3.63) is 29.6 Å². The van der Waals surface area contributed by atoms with Crippen LogP contribution in [-0.2, 0) is 16.0 Å². The predicted molar refractivity (Wildman–Crippen MR) is 72.5 cm³/mol. The zero-order valence-corrected chi connectivity index (χ0v) is 11.1. The largest absolute Gasteiger partial charge is 0.368 e. The number of nitrogens with two attached hydrogens (primary N) is 1. The highest BCUT2D eigenvalue weighted by Gasteiger charge is 2.32. The van der Waals surface area contributed by atoms with E-state index in [-0.39, 0.29) is 17.8 Å². The minimum Gasteiger partial charge on any atom is -0.368 e. The summed E-state index contributed by atoms with van der Waals surface area (Å²) in [4.78, 5) is 13.5. The van der Waals surface area contributed by atoms with E-state index in [1.54, 1.807) is 6.07 Å². The molecule has 0 spiro atoms. The molecule has 0 bridgehead atoms. The average molecular weight is 279 g/mol. The van der Waals surface area contributed by atoms with Crippen LogP contribution in [0.5, 0.6) is 0 Å². The fraction of sp³-hybridized carbons (Fsp3) is 0.500. The van der Waals surface area contributed by atoms with E-state index >= 15 is 0 Å². The highest BCUT2D eigenvalue weighted by molar-refractivity contribution is 5.80. The third kappa shape index (κ3) is 2.48. The lowest BCUT2D eigenvalue weighted by Crippen LogP contribution is -2.40. The summed E-state index contributed by atoms with van der Waals surface area (Å²) in [7, 11) is 0. The molecule has 1 aromatic carbocycles. The molecule has 5 nitrogen and oxygen atoms in total. The molecule has 3 N–H and O–H groups in total. The Morgan fingerprint density at radius 1 is 1.50 bits per heavy atom. The molecular weight excluding hydrogens is 261 g/mol. The number of amides is 1. The molecule has 2 heterocycles. The highest BCUT2D eigenvalue weighted by Crippen LogP contribution is 2.30. The van der Waals surface area contributed by atoms with Gasteiger partial charge < -0.3 is 9.64 Å². The second kappa shape index (κ2) is 5.38. The predicted octanol–water partition coefficient (Wildman–Crippen LogP) is 0.726. The summed E-state index contributed by atoms with van der Waals surface area (Å²) in [5.74, 6) is 4.61. The molecule has 0 radical (unpaired) electrons. The van der Waals surface area contributed by atoms with E-state index < -0.39 is 6.10 Å². The fourth-order valence-corrected chi connectivity index (χ4v) is 2.98. The van der Waals surface area contributed by atoms with Gasteiger partial charge in [0.15, 0.2) is 0 Å². The van der Waals surface area contributed by atoms with Crippen molar-refractivity contribution in [2.45, 2.75) is 31.5 Å². The van der Waals surface area contributed by atoms with Crippen LogP contribution in [0.4, 0.5) is 10.1 Å². The summed E-state index contributed by atoms with van der Waals surface area (Å²) in [5, 5.41) is 0. The second-order valence-electron chi connectivity index (χ2n) is 5.30. The fourth-order valence-electron chi connectivity index (χ4n) is 2.98. The minimum absolute atomic E-state index is 0.00785. The van der Waals surface area contributed by atoms with Crippen molar-refractivity contribution in [2.24, 2.45) is 5.84 Å². The van der Waals surface area contributed by atoms with Gasteiger partial charge in [-0.05, 0) is 37.0 Å². The van der Waals surface area contributed by atoms with Gasteiger partial charge in [0.2, 0.25) is 0 Å². The standard InChI is InChI=1S/C14H18FN3O2/c15-10-2-1-9-5-6-18(12(9)7-10)8-11-3-4-13(20-11)14(19)17-16/h1-2,7,11,13H,3-6,8,16H2,(H,17,19). The third-order valence-corrected chi connectivity index (χ3v) is 4.01. The monoisotopic (exact) mass is 279 g/mol. The molecule has 1 aromatic rings. The van der Waals surface area contributed by atoms with Gasteiger partial charge in [-0.3, -0.25) is 10.2 Å². The van der Waals surface area contributed by atoms with Crippen LogP contribution < -0.4 is 16.2 Å². The lowest BCUT2D eigenvalue weighted by Gasteiger charge is -2.23. The number of hydrogen-bond donors (Lipinski definition) is 2. The summed E-state index contributed by atoms with van der Waals surface area (Å²) >= 11 is 0. The molecule has 2 atom stereocenters. The van der Waals surface area contributed by atoms with Gasteiger partial charge in [-0.1, -0.05) is 6.07 Å². The van der Waals surface area contributed by atoms with Crippen molar-refractivity contribution in [1.82, 2.24) is 5.43 Å². The molecule has 2 aliphatic rings. The Labute approximate surface area is 116 Å². The molecule has 2 unspecified atom stereocenters. The number of rotatable bonds is 3. The van der Waals surface area contributed by atoms with Gasteiger partial charge in [0, 0.05) is 18.8 Å². The van der Waals surface area contributed by atoms with Gasteiger partial charge in [0.25, 0.3) is 5.91 Å². The van der Waals surface area contributed by atoms with Crippen LogP contribution in [0.1, 0.15) is 18.4 Å². The summed E-state index contributed by atoms with van der Waals surface area (Å²) in [5.41, 5.74) is 4.23. The van der Waals surface area contributed by atoms with Crippen LogP contribution in [0, 0.1) is 5.82 Å². The van der Waals surface area contributed by atoms with E-state index in [4.69, 9.17) is 10.6 Å². The lowest BCUT2D eigenvalue weighted by atomic mass is 10.1. The number of carbonyl (C=O) groups excluding carboxylic acids is 1. The van der Waals surface area contributed by atoms with Crippen LogP contribution in [0.2, 0.25) is 0 Å². The maximum atomic E-state index is 13.3. The number of hydrazine groups is 1.